The molecule has 4 aromatic rings. The van der Waals surface area contributed by atoms with Crippen LogP contribution in [-0.4, -0.2) is 22.0 Å². The van der Waals surface area contributed by atoms with Crippen molar-refractivity contribution >= 4 is 39.1 Å². The van der Waals surface area contributed by atoms with Crippen LogP contribution in [-0.2, 0) is 0 Å². The number of thiazole rings is 1. The van der Waals surface area contributed by atoms with Crippen LogP contribution in [0.5, 0.6) is 0 Å². The molecule has 0 bridgehead atoms. The summed E-state index contributed by atoms with van der Waals surface area (Å²) in [5, 5.41) is 4.64. The van der Waals surface area contributed by atoms with Gasteiger partial charge in [-0.2, -0.15) is 0 Å². The van der Waals surface area contributed by atoms with Crippen molar-refractivity contribution in [2.24, 2.45) is 0 Å². The van der Waals surface area contributed by atoms with Crippen LogP contribution >= 0.6 is 22.9 Å². The van der Waals surface area contributed by atoms with E-state index in [0.717, 1.165) is 38.0 Å². The molecular formula is C18H13ClN4S. The van der Waals surface area contributed by atoms with E-state index in [1.165, 1.54) is 0 Å². The molecule has 0 atom stereocenters. The lowest BCUT2D eigenvalue weighted by molar-refractivity contribution is 1.33. The van der Waals surface area contributed by atoms with E-state index in [2.05, 4.69) is 15.3 Å². The highest BCUT2D eigenvalue weighted by atomic mass is 35.5. The number of nitrogens with one attached hydrogen (secondary N) is 1. The Kier molecular flexibility index (Phi) is 3.88. The summed E-state index contributed by atoms with van der Waals surface area (Å²) >= 11 is 7.72. The standard InChI is InChI=1S/C18H13ClN4S/c1-20-18-23-16(11-4-2-5-12(19)10-11)17(24-18)15-8-7-13-14(22-15)6-3-9-21-13/h2-10H,1H3,(H,20,23). The molecule has 4 rings (SSSR count). The summed E-state index contributed by atoms with van der Waals surface area (Å²) in [5.74, 6) is 0. The van der Waals surface area contributed by atoms with Crippen LogP contribution < -0.4 is 5.32 Å². The average Bonchev–Trinajstić information content (AvgIpc) is 3.06. The molecule has 1 N–H and O–H groups in total. The van der Waals surface area contributed by atoms with Crippen molar-refractivity contribution in [3.05, 3.63) is 59.8 Å². The quantitative estimate of drug-likeness (QED) is 0.556. The Morgan fingerprint density at radius 2 is 1.92 bits per heavy atom. The normalized spacial score (nSPS) is 10.9. The molecule has 0 saturated carbocycles. The van der Waals surface area contributed by atoms with Crippen LogP contribution in [0.15, 0.2) is 54.7 Å². The lowest BCUT2D eigenvalue weighted by atomic mass is 10.1. The molecule has 118 valence electrons. The fourth-order valence-electron chi connectivity index (χ4n) is 2.52. The van der Waals surface area contributed by atoms with Crippen LogP contribution in [0.4, 0.5) is 5.13 Å². The summed E-state index contributed by atoms with van der Waals surface area (Å²) in [4.78, 5) is 14.8. The van der Waals surface area contributed by atoms with Crippen molar-refractivity contribution in [1.82, 2.24) is 15.0 Å². The predicted molar refractivity (Wildman–Crippen MR) is 101 cm³/mol. The zero-order valence-corrected chi connectivity index (χ0v) is 14.4. The number of fused-ring (bicyclic) bond motifs is 1. The first kappa shape index (κ1) is 15.1. The number of aromatic nitrogens is 3. The molecule has 3 aromatic heterocycles. The molecule has 6 heteroatoms. The van der Waals surface area contributed by atoms with Gasteiger partial charge in [0.2, 0.25) is 0 Å². The van der Waals surface area contributed by atoms with Gasteiger partial charge in [-0.15, -0.1) is 0 Å². The molecule has 0 unspecified atom stereocenters. The smallest absolute Gasteiger partial charge is 0.183 e. The lowest BCUT2D eigenvalue weighted by Gasteiger charge is -2.04. The Morgan fingerprint density at radius 1 is 1.00 bits per heavy atom. The van der Waals surface area contributed by atoms with Gasteiger partial charge in [0.1, 0.15) is 0 Å². The largest absolute Gasteiger partial charge is 0.365 e. The fourth-order valence-corrected chi connectivity index (χ4v) is 3.62. The SMILES string of the molecule is CNc1nc(-c2cccc(Cl)c2)c(-c2ccc3ncccc3n2)s1. The fraction of sp³-hybridized carbons (Fsp3) is 0.0556. The summed E-state index contributed by atoms with van der Waals surface area (Å²) in [5.41, 5.74) is 4.48. The predicted octanol–water partition coefficient (Wildman–Crippen LogP) is 5.12. The Morgan fingerprint density at radius 3 is 2.75 bits per heavy atom. The molecule has 24 heavy (non-hydrogen) atoms. The molecule has 4 nitrogen and oxygen atoms in total. The highest BCUT2D eigenvalue weighted by Crippen LogP contribution is 2.39. The second kappa shape index (κ2) is 6.19. The van der Waals surface area contributed by atoms with Gasteiger partial charge in [0.25, 0.3) is 0 Å². The Labute approximate surface area is 148 Å². The Balaban J connectivity index is 1.91. The van der Waals surface area contributed by atoms with E-state index in [1.807, 2.05) is 55.6 Å². The summed E-state index contributed by atoms with van der Waals surface area (Å²) in [6.45, 7) is 0. The number of halogens is 1. The Bertz CT molecular complexity index is 1030. The van der Waals surface area contributed by atoms with Crippen molar-refractivity contribution in [2.75, 3.05) is 12.4 Å². The first-order valence-corrected chi connectivity index (χ1v) is 8.61. The van der Waals surface area contributed by atoms with E-state index >= 15 is 0 Å². The Hall–Kier alpha value is -2.50. The molecular weight excluding hydrogens is 340 g/mol. The summed E-state index contributed by atoms with van der Waals surface area (Å²) in [6.07, 6.45) is 1.77. The second-order valence-electron chi connectivity index (χ2n) is 5.20. The minimum Gasteiger partial charge on any atom is -0.365 e. The van der Waals surface area contributed by atoms with Gasteiger partial charge < -0.3 is 5.32 Å². The van der Waals surface area contributed by atoms with E-state index in [0.29, 0.717) is 5.02 Å². The minimum atomic E-state index is 0.688. The maximum absolute atomic E-state index is 6.15. The van der Waals surface area contributed by atoms with Crippen molar-refractivity contribution in [1.29, 1.82) is 0 Å². The zero-order valence-electron chi connectivity index (χ0n) is 12.8. The number of hydrogen-bond acceptors (Lipinski definition) is 5. The third-order valence-electron chi connectivity index (χ3n) is 3.63. The number of anilines is 1. The van der Waals surface area contributed by atoms with Gasteiger partial charge in [0.15, 0.2) is 5.13 Å². The number of rotatable bonds is 3. The molecule has 1 aromatic carbocycles. The summed E-state index contributed by atoms with van der Waals surface area (Å²) in [6, 6.07) is 15.5. The van der Waals surface area contributed by atoms with Crippen LogP contribution in [0.1, 0.15) is 0 Å². The van der Waals surface area contributed by atoms with Gasteiger partial charge >= 0.3 is 0 Å². The lowest BCUT2D eigenvalue weighted by Crippen LogP contribution is -1.88. The van der Waals surface area contributed by atoms with Crippen LogP contribution in [0, 0.1) is 0 Å². The maximum Gasteiger partial charge on any atom is 0.183 e. The molecule has 0 aliphatic carbocycles. The third-order valence-corrected chi connectivity index (χ3v) is 4.96. The van der Waals surface area contributed by atoms with Gasteiger partial charge in [0.05, 0.1) is 27.3 Å². The van der Waals surface area contributed by atoms with Gasteiger partial charge in [0, 0.05) is 23.8 Å². The first-order valence-electron chi connectivity index (χ1n) is 7.41. The van der Waals surface area contributed by atoms with Crippen molar-refractivity contribution in [2.45, 2.75) is 0 Å². The van der Waals surface area contributed by atoms with E-state index in [9.17, 15) is 0 Å². The van der Waals surface area contributed by atoms with Gasteiger partial charge in [-0.25, -0.2) is 9.97 Å². The van der Waals surface area contributed by atoms with Gasteiger partial charge in [-0.05, 0) is 36.4 Å². The van der Waals surface area contributed by atoms with Gasteiger partial charge in [-0.1, -0.05) is 35.1 Å². The van der Waals surface area contributed by atoms with Crippen LogP contribution in [0.25, 0.3) is 32.9 Å². The number of nitrogens with zero attached hydrogens (tertiary/aromatic N) is 3. The monoisotopic (exact) mass is 352 g/mol. The molecule has 0 fully saturated rings. The molecule has 3 heterocycles. The van der Waals surface area contributed by atoms with E-state index in [4.69, 9.17) is 16.6 Å². The number of pyridine rings is 2. The topological polar surface area (TPSA) is 50.7 Å². The molecule has 0 radical (unpaired) electrons. The van der Waals surface area contributed by atoms with E-state index < -0.39 is 0 Å². The highest BCUT2D eigenvalue weighted by Gasteiger charge is 2.16. The molecule has 0 amide bonds. The third kappa shape index (κ3) is 2.72. The van der Waals surface area contributed by atoms with Crippen LogP contribution in [0.2, 0.25) is 5.02 Å². The summed E-state index contributed by atoms with van der Waals surface area (Å²) < 4.78 is 0. The molecule has 0 aliphatic rings. The van der Waals surface area contributed by atoms with E-state index in [-0.39, 0.29) is 0 Å². The molecule has 0 spiro atoms. The second-order valence-corrected chi connectivity index (χ2v) is 6.63. The molecule has 0 aliphatic heterocycles. The zero-order chi connectivity index (χ0) is 16.5. The van der Waals surface area contributed by atoms with Crippen molar-refractivity contribution in [3.63, 3.8) is 0 Å². The first-order chi connectivity index (χ1) is 11.7. The van der Waals surface area contributed by atoms with Gasteiger partial charge in [-0.3, -0.25) is 4.98 Å². The number of benzene rings is 1. The minimum absolute atomic E-state index is 0.688. The molecule has 0 saturated heterocycles. The highest BCUT2D eigenvalue weighted by molar-refractivity contribution is 7.19. The van der Waals surface area contributed by atoms with Crippen LogP contribution in [0.3, 0.4) is 0 Å². The van der Waals surface area contributed by atoms with Crippen molar-refractivity contribution < 1.29 is 0 Å². The van der Waals surface area contributed by atoms with E-state index in [1.54, 1.807) is 17.5 Å². The number of hydrogen-bond donors (Lipinski definition) is 1. The summed E-state index contributed by atoms with van der Waals surface area (Å²) in [7, 11) is 1.86. The maximum atomic E-state index is 6.15. The average molecular weight is 353 g/mol. The van der Waals surface area contributed by atoms with Crippen molar-refractivity contribution in [3.8, 4) is 21.8 Å².